The van der Waals surface area contributed by atoms with Crippen molar-refractivity contribution in [3.05, 3.63) is 17.8 Å². The third-order valence-electron chi connectivity index (χ3n) is 2.89. The summed E-state index contributed by atoms with van der Waals surface area (Å²) in [6, 6.07) is 1.92. The number of nitrogens with two attached hydrogens (primary N) is 1. The number of rotatable bonds is 3. The van der Waals surface area contributed by atoms with Gasteiger partial charge < -0.3 is 20.7 Å². The van der Waals surface area contributed by atoms with Gasteiger partial charge in [0.15, 0.2) is 0 Å². The fraction of sp³-hybridized carbons (Fsp3) is 0.583. The molecule has 1 atom stereocenters. The predicted molar refractivity (Wildman–Crippen MR) is 69.1 cm³/mol. The predicted octanol–water partition coefficient (Wildman–Crippen LogP) is 0.715. The lowest BCUT2D eigenvalue weighted by atomic mass is 10.2. The molecule has 3 N–H and O–H groups in total. The average molecular weight is 236 g/mol. The minimum absolute atomic E-state index is 0.205. The summed E-state index contributed by atoms with van der Waals surface area (Å²) in [5.41, 5.74) is 7.65. The summed E-state index contributed by atoms with van der Waals surface area (Å²) in [7, 11) is 2.11. The number of nitrogens with zero attached hydrogens (tertiary/aromatic N) is 2. The van der Waals surface area contributed by atoms with Crippen molar-refractivity contribution in [2.45, 2.75) is 13.0 Å². The molecule has 1 unspecified atom stereocenters. The first-order valence-electron chi connectivity index (χ1n) is 5.91. The zero-order chi connectivity index (χ0) is 12.3. The molecule has 0 amide bonds. The number of aromatic nitrogens is 1. The number of ether oxygens (including phenoxy) is 1. The number of hydrogen-bond acceptors (Lipinski definition) is 5. The van der Waals surface area contributed by atoms with Crippen LogP contribution < -0.4 is 11.1 Å². The van der Waals surface area contributed by atoms with Gasteiger partial charge in [0.2, 0.25) is 0 Å². The standard InChI is InChI=1S/C12H20N4O/c1-9-5-11(13)12(14-6-9)15-7-10-8-16(2)3-4-17-10/h5-6,10H,3-4,7-8,13H2,1-2H3,(H,14,15). The van der Waals surface area contributed by atoms with Crippen LogP contribution >= 0.6 is 0 Å². The van der Waals surface area contributed by atoms with E-state index in [0.717, 1.165) is 37.6 Å². The maximum atomic E-state index is 5.89. The van der Waals surface area contributed by atoms with Gasteiger partial charge in [0.1, 0.15) is 5.82 Å². The van der Waals surface area contributed by atoms with Crippen molar-refractivity contribution in [3.8, 4) is 0 Å². The Balaban J connectivity index is 1.88. The number of anilines is 2. The van der Waals surface area contributed by atoms with Gasteiger partial charge in [0.05, 0.1) is 18.4 Å². The summed E-state index contributed by atoms with van der Waals surface area (Å²) in [5.74, 6) is 0.743. The molecule has 0 aliphatic carbocycles. The molecule has 2 heterocycles. The van der Waals surface area contributed by atoms with Crippen LogP contribution in [0.5, 0.6) is 0 Å². The van der Waals surface area contributed by atoms with Crippen molar-refractivity contribution < 1.29 is 4.74 Å². The van der Waals surface area contributed by atoms with Crippen LogP contribution in [0, 0.1) is 6.92 Å². The van der Waals surface area contributed by atoms with Gasteiger partial charge in [-0.05, 0) is 25.6 Å². The molecule has 0 saturated carbocycles. The Kier molecular flexibility index (Phi) is 3.81. The summed E-state index contributed by atoms with van der Waals surface area (Å²) in [5, 5.41) is 3.24. The van der Waals surface area contributed by atoms with Crippen molar-refractivity contribution in [1.82, 2.24) is 9.88 Å². The monoisotopic (exact) mass is 236 g/mol. The Bertz CT molecular complexity index is 383. The molecule has 1 aliphatic rings. The van der Waals surface area contributed by atoms with Gasteiger partial charge >= 0.3 is 0 Å². The average Bonchev–Trinajstić information content (AvgIpc) is 2.28. The largest absolute Gasteiger partial charge is 0.396 e. The number of morpholine rings is 1. The molecule has 1 aromatic rings. The summed E-state index contributed by atoms with van der Waals surface area (Å²) in [6.07, 6.45) is 2.02. The highest BCUT2D eigenvalue weighted by atomic mass is 16.5. The number of nitrogen functional groups attached to an aromatic ring is 1. The normalized spacial score (nSPS) is 21.4. The van der Waals surface area contributed by atoms with Gasteiger partial charge in [0, 0.05) is 25.8 Å². The quantitative estimate of drug-likeness (QED) is 0.809. The molecular formula is C12H20N4O. The number of hydrogen-bond donors (Lipinski definition) is 2. The lowest BCUT2D eigenvalue weighted by molar-refractivity contribution is -0.0117. The molecule has 0 spiro atoms. The van der Waals surface area contributed by atoms with Gasteiger partial charge in [-0.1, -0.05) is 0 Å². The topological polar surface area (TPSA) is 63.4 Å². The Morgan fingerprint density at radius 2 is 2.47 bits per heavy atom. The van der Waals surface area contributed by atoms with E-state index >= 15 is 0 Å². The Morgan fingerprint density at radius 3 is 3.18 bits per heavy atom. The Labute approximate surface area is 102 Å². The van der Waals surface area contributed by atoms with Gasteiger partial charge in [-0.3, -0.25) is 0 Å². The molecule has 1 fully saturated rings. The number of pyridine rings is 1. The number of nitrogens with one attached hydrogen (secondary N) is 1. The van der Waals surface area contributed by atoms with Crippen LogP contribution in [0.1, 0.15) is 5.56 Å². The molecule has 94 valence electrons. The molecule has 1 saturated heterocycles. The fourth-order valence-corrected chi connectivity index (χ4v) is 1.94. The minimum Gasteiger partial charge on any atom is -0.396 e. The number of likely N-dealkylation sites (N-methyl/N-ethyl adjacent to an activating group) is 1. The van der Waals surface area contributed by atoms with Gasteiger partial charge in [-0.25, -0.2) is 4.98 Å². The van der Waals surface area contributed by atoms with Crippen molar-refractivity contribution in [2.24, 2.45) is 0 Å². The SMILES string of the molecule is Cc1cnc(NCC2CN(C)CCO2)c(N)c1. The smallest absolute Gasteiger partial charge is 0.149 e. The van der Waals surface area contributed by atoms with E-state index in [4.69, 9.17) is 10.5 Å². The van der Waals surface area contributed by atoms with Crippen molar-refractivity contribution in [1.29, 1.82) is 0 Å². The molecule has 0 bridgehead atoms. The van der Waals surface area contributed by atoms with E-state index < -0.39 is 0 Å². The second-order valence-electron chi connectivity index (χ2n) is 4.59. The molecule has 5 nitrogen and oxygen atoms in total. The molecule has 17 heavy (non-hydrogen) atoms. The minimum atomic E-state index is 0.205. The molecular weight excluding hydrogens is 216 g/mol. The lowest BCUT2D eigenvalue weighted by Crippen LogP contribution is -2.43. The lowest BCUT2D eigenvalue weighted by Gasteiger charge is -2.30. The highest BCUT2D eigenvalue weighted by Gasteiger charge is 2.17. The number of aryl methyl sites for hydroxylation is 1. The highest BCUT2D eigenvalue weighted by molar-refractivity contribution is 5.61. The van der Waals surface area contributed by atoms with Crippen molar-refractivity contribution >= 4 is 11.5 Å². The van der Waals surface area contributed by atoms with E-state index in [2.05, 4.69) is 22.2 Å². The first-order valence-corrected chi connectivity index (χ1v) is 5.91. The van der Waals surface area contributed by atoms with Crippen LogP contribution in [-0.2, 0) is 4.74 Å². The van der Waals surface area contributed by atoms with Gasteiger partial charge in [0.25, 0.3) is 0 Å². The second-order valence-corrected chi connectivity index (χ2v) is 4.59. The first kappa shape index (κ1) is 12.1. The van der Waals surface area contributed by atoms with Crippen LogP contribution in [0.15, 0.2) is 12.3 Å². The molecule has 1 aliphatic heterocycles. The summed E-state index contributed by atoms with van der Waals surface area (Å²) < 4.78 is 5.66. The zero-order valence-electron chi connectivity index (χ0n) is 10.4. The second kappa shape index (κ2) is 5.33. The highest BCUT2D eigenvalue weighted by Crippen LogP contribution is 2.16. The summed E-state index contributed by atoms with van der Waals surface area (Å²) in [6.45, 7) is 5.46. The molecule has 0 aromatic carbocycles. The van der Waals surface area contributed by atoms with E-state index in [1.807, 2.05) is 19.2 Å². The maximum absolute atomic E-state index is 5.89. The van der Waals surface area contributed by atoms with Crippen LogP contribution in [0.25, 0.3) is 0 Å². The third kappa shape index (κ3) is 3.31. The molecule has 0 radical (unpaired) electrons. The summed E-state index contributed by atoms with van der Waals surface area (Å²) in [4.78, 5) is 6.54. The molecule has 5 heteroatoms. The fourth-order valence-electron chi connectivity index (χ4n) is 1.94. The van der Waals surface area contributed by atoms with Crippen molar-refractivity contribution in [3.63, 3.8) is 0 Å². The first-order chi connectivity index (χ1) is 8.15. The summed E-state index contributed by atoms with van der Waals surface area (Å²) >= 11 is 0. The van der Waals surface area contributed by atoms with Crippen LogP contribution in [0.3, 0.4) is 0 Å². The van der Waals surface area contributed by atoms with Gasteiger partial charge in [-0.15, -0.1) is 0 Å². The maximum Gasteiger partial charge on any atom is 0.149 e. The van der Waals surface area contributed by atoms with E-state index in [-0.39, 0.29) is 6.10 Å². The molecule has 1 aromatic heterocycles. The molecule has 2 rings (SSSR count). The van der Waals surface area contributed by atoms with E-state index in [1.165, 1.54) is 0 Å². The Morgan fingerprint density at radius 1 is 1.65 bits per heavy atom. The van der Waals surface area contributed by atoms with Crippen molar-refractivity contribution in [2.75, 3.05) is 44.3 Å². The van der Waals surface area contributed by atoms with E-state index in [9.17, 15) is 0 Å². The van der Waals surface area contributed by atoms with Gasteiger partial charge in [-0.2, -0.15) is 0 Å². The van der Waals surface area contributed by atoms with Crippen LogP contribution in [0.4, 0.5) is 11.5 Å². The van der Waals surface area contributed by atoms with E-state index in [0.29, 0.717) is 5.69 Å². The Hall–Kier alpha value is -1.33. The van der Waals surface area contributed by atoms with Crippen LogP contribution in [0.2, 0.25) is 0 Å². The van der Waals surface area contributed by atoms with E-state index in [1.54, 1.807) is 0 Å². The zero-order valence-corrected chi connectivity index (χ0v) is 10.4. The third-order valence-corrected chi connectivity index (χ3v) is 2.89. The van der Waals surface area contributed by atoms with Crippen LogP contribution in [-0.4, -0.2) is 49.3 Å².